The molecule has 0 unspecified atom stereocenters. The van der Waals surface area contributed by atoms with E-state index in [0.29, 0.717) is 10.9 Å². The number of hydrogen-bond donors (Lipinski definition) is 1. The van der Waals surface area contributed by atoms with Crippen molar-refractivity contribution in [3.63, 3.8) is 0 Å². The van der Waals surface area contributed by atoms with Gasteiger partial charge in [-0.25, -0.2) is 5.84 Å². The zero-order chi connectivity index (χ0) is 12.0. The molecule has 1 aromatic rings. The maximum absolute atomic E-state index is 10.0. The van der Waals surface area contributed by atoms with Gasteiger partial charge < -0.3 is 0 Å². The number of anilines is 1. The molecule has 0 aromatic heterocycles. The topological polar surface area (TPSA) is 81.6 Å². The van der Waals surface area contributed by atoms with Crippen LogP contribution in [0.5, 0.6) is 0 Å². The lowest BCUT2D eigenvalue weighted by atomic mass is 10.1. The van der Waals surface area contributed by atoms with Crippen molar-refractivity contribution < 1.29 is 10.0 Å². The summed E-state index contributed by atoms with van der Waals surface area (Å²) in [5.74, 6) is 5.30. The van der Waals surface area contributed by atoms with Crippen molar-refractivity contribution in [3.8, 4) is 0 Å². The van der Waals surface area contributed by atoms with Crippen molar-refractivity contribution in [2.45, 2.75) is 12.8 Å². The average Bonchev–Trinajstić information content (AvgIpc) is 2.26. The van der Waals surface area contributed by atoms with Crippen LogP contribution < -0.4 is 11.0 Å². The van der Waals surface area contributed by atoms with E-state index in [4.69, 9.17) is 5.84 Å². The SMILES string of the molecule is C=CCCc1ccc(N(N)O[N+](=O)[O-])cc1. The van der Waals surface area contributed by atoms with Gasteiger partial charge >= 0.3 is 5.09 Å². The minimum absolute atomic E-state index is 0.416. The van der Waals surface area contributed by atoms with Crippen molar-refractivity contribution in [1.82, 2.24) is 0 Å². The lowest BCUT2D eigenvalue weighted by molar-refractivity contribution is -0.762. The minimum Gasteiger partial charge on any atom is -0.223 e. The molecule has 0 aliphatic rings. The van der Waals surface area contributed by atoms with Gasteiger partial charge in [-0.15, -0.1) is 21.9 Å². The Kier molecular flexibility index (Phi) is 4.28. The van der Waals surface area contributed by atoms with Crippen LogP contribution in [0.2, 0.25) is 0 Å². The molecule has 86 valence electrons. The Morgan fingerprint density at radius 2 is 2.12 bits per heavy atom. The fourth-order valence-corrected chi connectivity index (χ4v) is 1.20. The fraction of sp³-hybridized carbons (Fsp3) is 0.200. The van der Waals surface area contributed by atoms with E-state index >= 15 is 0 Å². The van der Waals surface area contributed by atoms with Crippen molar-refractivity contribution in [2.24, 2.45) is 5.84 Å². The molecule has 1 rings (SSSR count). The first-order chi connectivity index (χ1) is 7.63. The number of rotatable bonds is 6. The Balaban J connectivity index is 2.62. The van der Waals surface area contributed by atoms with Crippen LogP contribution in [0.25, 0.3) is 0 Å². The van der Waals surface area contributed by atoms with Gasteiger partial charge in [0.1, 0.15) is 0 Å². The normalized spacial score (nSPS) is 9.56. The van der Waals surface area contributed by atoms with Gasteiger partial charge in [0.2, 0.25) is 0 Å². The highest BCUT2D eigenvalue weighted by Gasteiger charge is 2.05. The van der Waals surface area contributed by atoms with Gasteiger partial charge in [0.15, 0.2) is 0 Å². The Morgan fingerprint density at radius 1 is 1.50 bits per heavy atom. The van der Waals surface area contributed by atoms with Gasteiger partial charge in [0.25, 0.3) is 0 Å². The molecular weight excluding hydrogens is 210 g/mol. The van der Waals surface area contributed by atoms with Gasteiger partial charge in [-0.05, 0) is 30.5 Å². The van der Waals surface area contributed by atoms with E-state index in [-0.39, 0.29) is 0 Å². The summed E-state index contributed by atoms with van der Waals surface area (Å²) in [6.07, 6.45) is 3.60. The van der Waals surface area contributed by atoms with Crippen molar-refractivity contribution >= 4 is 5.69 Å². The minimum atomic E-state index is -0.967. The monoisotopic (exact) mass is 223 g/mol. The molecule has 6 nitrogen and oxygen atoms in total. The Labute approximate surface area is 92.9 Å². The quantitative estimate of drug-likeness (QED) is 0.343. The first-order valence-electron chi connectivity index (χ1n) is 4.70. The average molecular weight is 223 g/mol. The highest BCUT2D eigenvalue weighted by Crippen LogP contribution is 2.13. The van der Waals surface area contributed by atoms with E-state index in [2.05, 4.69) is 11.5 Å². The van der Waals surface area contributed by atoms with Crippen LogP contribution in [0.15, 0.2) is 36.9 Å². The van der Waals surface area contributed by atoms with Crippen LogP contribution >= 0.6 is 0 Å². The van der Waals surface area contributed by atoms with E-state index < -0.39 is 5.09 Å². The zero-order valence-corrected chi connectivity index (χ0v) is 8.70. The predicted octanol–water partition coefficient (Wildman–Crippen LogP) is 1.61. The summed E-state index contributed by atoms with van der Waals surface area (Å²) in [6.45, 7) is 3.63. The molecule has 0 spiro atoms. The maximum Gasteiger partial charge on any atom is 0.318 e. The van der Waals surface area contributed by atoms with E-state index in [9.17, 15) is 10.1 Å². The molecule has 6 heteroatoms. The third-order valence-electron chi connectivity index (χ3n) is 1.98. The van der Waals surface area contributed by atoms with Crippen LogP contribution in [-0.2, 0) is 11.4 Å². The molecule has 2 N–H and O–H groups in total. The number of benzene rings is 1. The largest absolute Gasteiger partial charge is 0.318 e. The molecule has 0 aliphatic carbocycles. The number of allylic oxidation sites excluding steroid dienone is 1. The zero-order valence-electron chi connectivity index (χ0n) is 8.70. The maximum atomic E-state index is 10.0. The van der Waals surface area contributed by atoms with Crippen LogP contribution in [0.3, 0.4) is 0 Å². The second kappa shape index (κ2) is 5.72. The molecule has 0 heterocycles. The molecule has 1 aromatic carbocycles. The molecule has 0 radical (unpaired) electrons. The Morgan fingerprint density at radius 3 is 2.62 bits per heavy atom. The van der Waals surface area contributed by atoms with Crippen LogP contribution in [-0.4, -0.2) is 5.09 Å². The van der Waals surface area contributed by atoms with Crippen molar-refractivity contribution in [2.75, 3.05) is 5.17 Å². The van der Waals surface area contributed by atoms with E-state index in [1.54, 1.807) is 12.1 Å². The third-order valence-corrected chi connectivity index (χ3v) is 1.98. The van der Waals surface area contributed by atoms with Crippen molar-refractivity contribution in [1.29, 1.82) is 0 Å². The second-order valence-electron chi connectivity index (χ2n) is 3.12. The fourth-order valence-electron chi connectivity index (χ4n) is 1.20. The Hall–Kier alpha value is -2.08. The highest BCUT2D eigenvalue weighted by molar-refractivity contribution is 5.43. The first-order valence-corrected chi connectivity index (χ1v) is 4.70. The van der Waals surface area contributed by atoms with E-state index in [1.165, 1.54) is 0 Å². The van der Waals surface area contributed by atoms with Crippen LogP contribution in [0.1, 0.15) is 12.0 Å². The molecule has 0 amide bonds. The molecule has 16 heavy (non-hydrogen) atoms. The second-order valence-corrected chi connectivity index (χ2v) is 3.12. The third kappa shape index (κ3) is 3.58. The smallest absolute Gasteiger partial charge is 0.223 e. The number of hydrazine groups is 1. The first kappa shape index (κ1) is 12.0. The summed E-state index contributed by atoms with van der Waals surface area (Å²) in [6, 6.07) is 6.98. The summed E-state index contributed by atoms with van der Waals surface area (Å²) in [7, 11) is 0. The summed E-state index contributed by atoms with van der Waals surface area (Å²) in [5, 5.41) is 9.68. The predicted molar refractivity (Wildman–Crippen MR) is 59.7 cm³/mol. The molecule has 0 atom stereocenters. The van der Waals surface area contributed by atoms with Gasteiger partial charge in [-0.2, -0.15) is 4.94 Å². The van der Waals surface area contributed by atoms with Crippen LogP contribution in [0, 0.1) is 10.1 Å². The number of nitrogens with zero attached hydrogens (tertiary/aromatic N) is 2. The molecule has 0 saturated heterocycles. The molecule has 0 fully saturated rings. The summed E-state index contributed by atoms with van der Waals surface area (Å²) in [4.78, 5) is 14.1. The molecule has 0 saturated carbocycles. The van der Waals surface area contributed by atoms with Gasteiger partial charge in [-0.3, -0.25) is 0 Å². The van der Waals surface area contributed by atoms with Crippen molar-refractivity contribution in [3.05, 3.63) is 52.6 Å². The van der Waals surface area contributed by atoms with E-state index in [0.717, 1.165) is 18.4 Å². The highest BCUT2D eigenvalue weighted by atomic mass is 17.0. The van der Waals surface area contributed by atoms with Crippen LogP contribution in [0.4, 0.5) is 5.69 Å². The summed E-state index contributed by atoms with van der Waals surface area (Å²) >= 11 is 0. The van der Waals surface area contributed by atoms with E-state index in [1.807, 2.05) is 18.2 Å². The van der Waals surface area contributed by atoms with Gasteiger partial charge in [0, 0.05) is 0 Å². The summed E-state index contributed by atoms with van der Waals surface area (Å²) in [5.41, 5.74) is 1.53. The number of hydrogen-bond acceptors (Lipinski definition) is 5. The molecule has 0 aliphatic heterocycles. The molecular formula is C10H13N3O3. The standard InChI is InChI=1S/C10H13N3O3/c1-2-3-4-9-5-7-10(8-6-9)12(11)16-13(14)15/h2,5-8H,1,3-4,11H2. The Bertz CT molecular complexity index is 364. The lowest BCUT2D eigenvalue weighted by Crippen LogP contribution is -2.33. The van der Waals surface area contributed by atoms with Gasteiger partial charge in [-0.1, -0.05) is 18.2 Å². The lowest BCUT2D eigenvalue weighted by Gasteiger charge is -2.14. The van der Waals surface area contributed by atoms with Gasteiger partial charge in [0.05, 0.1) is 5.69 Å². The summed E-state index contributed by atoms with van der Waals surface area (Å²) < 4.78 is 0. The molecule has 0 bridgehead atoms. The number of aryl methyl sites for hydroxylation is 1. The number of nitrogens with two attached hydrogens (primary N) is 1.